The zero-order valence-corrected chi connectivity index (χ0v) is 11.8. The molecule has 2 aromatic rings. The van der Waals surface area contributed by atoms with Crippen LogP contribution in [-0.2, 0) is 15.6 Å². The number of hydrogen-bond acceptors (Lipinski definition) is 4. The molecule has 9 heteroatoms. The molecule has 21 heavy (non-hydrogen) atoms. The fraction of sp³-hybridized carbons (Fsp3) is 0.250. The summed E-state index contributed by atoms with van der Waals surface area (Å²) < 4.78 is 52.4. The van der Waals surface area contributed by atoms with Gasteiger partial charge in [0.1, 0.15) is 17.2 Å². The lowest BCUT2D eigenvalue weighted by atomic mass is 9.96. The molecule has 1 atom stereocenters. The Morgan fingerprint density at radius 1 is 1.43 bits per heavy atom. The van der Waals surface area contributed by atoms with Crippen molar-refractivity contribution in [2.24, 2.45) is 0 Å². The van der Waals surface area contributed by atoms with Gasteiger partial charge in [0.05, 0.1) is 12.5 Å². The van der Waals surface area contributed by atoms with Crippen molar-refractivity contribution < 1.29 is 22.3 Å². The highest BCUT2D eigenvalue weighted by Gasteiger charge is 2.29. The van der Waals surface area contributed by atoms with Gasteiger partial charge in [-0.1, -0.05) is 6.07 Å². The number of aromatic nitrogens is 2. The van der Waals surface area contributed by atoms with Gasteiger partial charge in [-0.15, -0.1) is 0 Å². The molecule has 1 aromatic carbocycles. The van der Waals surface area contributed by atoms with Crippen molar-refractivity contribution in [1.82, 2.24) is 14.7 Å². The molecular formula is C12H13F2N3O3S. The van der Waals surface area contributed by atoms with Gasteiger partial charge in [0.15, 0.2) is 5.03 Å². The molecule has 0 fully saturated rings. The molecular weight excluding hydrogens is 304 g/mol. The predicted molar refractivity (Wildman–Crippen MR) is 69.7 cm³/mol. The second-order valence-corrected chi connectivity index (χ2v) is 6.37. The van der Waals surface area contributed by atoms with E-state index in [2.05, 4.69) is 14.7 Å². The number of halogens is 2. The van der Waals surface area contributed by atoms with Gasteiger partial charge in [0.2, 0.25) is 0 Å². The third-order valence-electron chi connectivity index (χ3n) is 2.88. The van der Waals surface area contributed by atoms with Crippen molar-refractivity contribution in [2.45, 2.75) is 17.6 Å². The van der Waals surface area contributed by atoms with Crippen molar-refractivity contribution in [3.8, 4) is 0 Å². The first-order valence-corrected chi connectivity index (χ1v) is 7.37. The largest absolute Gasteiger partial charge is 0.384 e. The number of benzene rings is 1. The van der Waals surface area contributed by atoms with Gasteiger partial charge in [-0.25, -0.2) is 26.9 Å². The minimum Gasteiger partial charge on any atom is -0.384 e. The number of imidazole rings is 1. The Morgan fingerprint density at radius 2 is 2.14 bits per heavy atom. The van der Waals surface area contributed by atoms with E-state index in [9.17, 15) is 22.3 Å². The summed E-state index contributed by atoms with van der Waals surface area (Å²) >= 11 is 0. The highest BCUT2D eigenvalue weighted by Crippen LogP contribution is 2.24. The Balaban J connectivity index is 2.18. The first-order chi connectivity index (χ1) is 9.72. The van der Waals surface area contributed by atoms with Gasteiger partial charge in [0.25, 0.3) is 10.0 Å². The molecule has 114 valence electrons. The van der Waals surface area contributed by atoms with Crippen LogP contribution in [0.3, 0.4) is 0 Å². The molecule has 1 aromatic heterocycles. The van der Waals surface area contributed by atoms with Gasteiger partial charge in [-0.05, 0) is 13.0 Å². The van der Waals surface area contributed by atoms with Crippen LogP contribution in [0.15, 0.2) is 35.7 Å². The standard InChI is InChI=1S/C12H13F2N3O3S/c1-12(18,9-3-2-8(13)4-10(9)14)6-17-21(19,20)11-5-15-7-16-11/h2-5,7,17-18H,6H2,1H3,(H,15,16). The number of nitrogens with one attached hydrogen (secondary N) is 2. The smallest absolute Gasteiger partial charge is 0.257 e. The van der Waals surface area contributed by atoms with Crippen molar-refractivity contribution >= 4 is 10.0 Å². The summed E-state index contributed by atoms with van der Waals surface area (Å²) in [7, 11) is -3.90. The lowest BCUT2D eigenvalue weighted by Crippen LogP contribution is -2.39. The molecule has 1 heterocycles. The minimum atomic E-state index is -3.90. The van der Waals surface area contributed by atoms with Crippen molar-refractivity contribution in [3.63, 3.8) is 0 Å². The number of aliphatic hydroxyl groups is 1. The third kappa shape index (κ3) is 3.43. The number of sulfonamides is 1. The van der Waals surface area contributed by atoms with Crippen LogP contribution in [0.25, 0.3) is 0 Å². The Bertz CT molecular complexity index is 730. The lowest BCUT2D eigenvalue weighted by molar-refractivity contribution is 0.0588. The van der Waals surface area contributed by atoms with Crippen LogP contribution < -0.4 is 4.72 Å². The fourth-order valence-electron chi connectivity index (χ4n) is 1.72. The van der Waals surface area contributed by atoms with E-state index in [0.29, 0.717) is 6.07 Å². The van der Waals surface area contributed by atoms with E-state index in [4.69, 9.17) is 0 Å². The Hall–Kier alpha value is -1.84. The van der Waals surface area contributed by atoms with E-state index in [-0.39, 0.29) is 10.6 Å². The summed E-state index contributed by atoms with van der Waals surface area (Å²) in [5, 5.41) is 10.0. The van der Waals surface area contributed by atoms with Crippen LogP contribution >= 0.6 is 0 Å². The molecule has 0 aliphatic heterocycles. The summed E-state index contributed by atoms with van der Waals surface area (Å²) in [4.78, 5) is 5.98. The molecule has 0 saturated carbocycles. The molecule has 0 aliphatic rings. The molecule has 3 N–H and O–H groups in total. The van der Waals surface area contributed by atoms with E-state index in [1.807, 2.05) is 0 Å². The van der Waals surface area contributed by atoms with Crippen LogP contribution in [0.5, 0.6) is 0 Å². The first-order valence-electron chi connectivity index (χ1n) is 5.88. The first kappa shape index (κ1) is 15.5. The van der Waals surface area contributed by atoms with E-state index < -0.39 is 33.8 Å². The van der Waals surface area contributed by atoms with Gasteiger partial charge in [0, 0.05) is 18.2 Å². The van der Waals surface area contributed by atoms with Crippen molar-refractivity contribution in [3.05, 3.63) is 47.9 Å². The van der Waals surface area contributed by atoms with Crippen molar-refractivity contribution in [1.29, 1.82) is 0 Å². The second kappa shape index (κ2) is 5.51. The van der Waals surface area contributed by atoms with Gasteiger partial charge < -0.3 is 10.1 Å². The van der Waals surface area contributed by atoms with Crippen LogP contribution in [0.1, 0.15) is 12.5 Å². The summed E-state index contributed by atoms with van der Waals surface area (Å²) in [6.45, 7) is 0.732. The topological polar surface area (TPSA) is 95.1 Å². The minimum absolute atomic E-state index is 0.183. The van der Waals surface area contributed by atoms with Gasteiger partial charge in [-0.3, -0.25) is 0 Å². The van der Waals surface area contributed by atoms with Crippen LogP contribution in [0.2, 0.25) is 0 Å². The SMILES string of the molecule is CC(O)(CNS(=O)(=O)c1cnc[nH]1)c1ccc(F)cc1F. The zero-order chi connectivity index (χ0) is 15.7. The average Bonchev–Trinajstić information content (AvgIpc) is 2.91. The van der Waals surface area contributed by atoms with Crippen LogP contribution in [0.4, 0.5) is 8.78 Å². The Labute approximate surface area is 119 Å². The third-order valence-corrected chi connectivity index (χ3v) is 4.21. The van der Waals surface area contributed by atoms with Crippen molar-refractivity contribution in [2.75, 3.05) is 6.54 Å². The highest BCUT2D eigenvalue weighted by atomic mass is 32.2. The molecule has 1 unspecified atom stereocenters. The molecule has 0 bridgehead atoms. The molecule has 0 aliphatic carbocycles. The fourth-order valence-corrected chi connectivity index (χ4v) is 2.76. The van der Waals surface area contributed by atoms with E-state index in [1.54, 1.807) is 0 Å². The average molecular weight is 317 g/mol. The lowest BCUT2D eigenvalue weighted by Gasteiger charge is -2.24. The molecule has 2 rings (SSSR count). The quantitative estimate of drug-likeness (QED) is 0.763. The van der Waals surface area contributed by atoms with Gasteiger partial charge in [-0.2, -0.15) is 0 Å². The van der Waals surface area contributed by atoms with E-state index >= 15 is 0 Å². The van der Waals surface area contributed by atoms with Gasteiger partial charge >= 0.3 is 0 Å². The summed E-state index contributed by atoms with van der Waals surface area (Å²) in [6, 6.07) is 2.67. The molecule has 0 amide bonds. The maximum absolute atomic E-state index is 13.6. The number of H-pyrrole nitrogens is 1. The zero-order valence-electron chi connectivity index (χ0n) is 11.0. The monoisotopic (exact) mass is 317 g/mol. The molecule has 0 radical (unpaired) electrons. The summed E-state index contributed by atoms with van der Waals surface area (Å²) in [5.41, 5.74) is -2.05. The molecule has 6 nitrogen and oxygen atoms in total. The molecule has 0 saturated heterocycles. The van der Waals surface area contributed by atoms with Crippen LogP contribution in [-0.4, -0.2) is 30.0 Å². The number of nitrogens with zero attached hydrogens (tertiary/aromatic N) is 1. The summed E-state index contributed by atoms with van der Waals surface area (Å²) in [6.07, 6.45) is 2.28. The Kier molecular flexibility index (Phi) is 4.08. The number of aromatic amines is 1. The number of hydrogen-bond donors (Lipinski definition) is 3. The predicted octanol–water partition coefficient (Wildman–Crippen LogP) is 0.874. The normalized spacial score (nSPS) is 14.9. The summed E-state index contributed by atoms with van der Waals surface area (Å²) in [5.74, 6) is -1.74. The maximum atomic E-state index is 13.6. The second-order valence-electron chi connectivity index (χ2n) is 4.64. The van der Waals surface area contributed by atoms with E-state index in [1.165, 1.54) is 13.3 Å². The van der Waals surface area contributed by atoms with Crippen LogP contribution in [0, 0.1) is 11.6 Å². The maximum Gasteiger partial charge on any atom is 0.257 e. The number of rotatable bonds is 5. The molecule has 0 spiro atoms. The Morgan fingerprint density at radius 3 is 2.71 bits per heavy atom. The highest BCUT2D eigenvalue weighted by molar-refractivity contribution is 7.89. The van der Waals surface area contributed by atoms with E-state index in [0.717, 1.165) is 18.3 Å².